The summed E-state index contributed by atoms with van der Waals surface area (Å²) in [5, 5.41) is 11.1. The predicted octanol–water partition coefficient (Wildman–Crippen LogP) is 2.54. The second-order valence-electron chi connectivity index (χ2n) is 4.61. The number of carbonyl (C=O) groups excluding carboxylic acids is 1. The zero-order chi connectivity index (χ0) is 15.5. The number of nitrogens with one attached hydrogen (secondary N) is 1. The topological polar surface area (TPSA) is 66.4 Å². The summed E-state index contributed by atoms with van der Waals surface area (Å²) in [7, 11) is 0. The van der Waals surface area contributed by atoms with Crippen LogP contribution in [0.5, 0.6) is 0 Å². The van der Waals surface area contributed by atoms with Crippen molar-refractivity contribution in [1.29, 1.82) is 0 Å². The molecule has 0 aliphatic heterocycles. The SMILES string of the molecule is CC(C)[C@@H](NC(=O)c1cccc(C(F)(F)F)c1)C(=O)O. The van der Waals surface area contributed by atoms with Crippen molar-refractivity contribution in [2.24, 2.45) is 5.92 Å². The van der Waals surface area contributed by atoms with Crippen LogP contribution in [0.2, 0.25) is 0 Å². The average molecular weight is 289 g/mol. The Morgan fingerprint density at radius 2 is 1.85 bits per heavy atom. The number of carbonyl (C=O) groups is 2. The smallest absolute Gasteiger partial charge is 0.416 e. The molecular formula is C13H14F3NO3. The van der Waals surface area contributed by atoms with Gasteiger partial charge in [0.15, 0.2) is 0 Å². The van der Waals surface area contributed by atoms with Gasteiger partial charge in [0, 0.05) is 5.56 Å². The predicted molar refractivity (Wildman–Crippen MR) is 65.2 cm³/mol. The summed E-state index contributed by atoms with van der Waals surface area (Å²) in [5.74, 6) is -2.47. The number of halogens is 3. The molecule has 0 fully saturated rings. The molecule has 0 spiro atoms. The van der Waals surface area contributed by atoms with E-state index in [0.717, 1.165) is 12.1 Å². The van der Waals surface area contributed by atoms with Crippen LogP contribution in [-0.2, 0) is 11.0 Å². The minimum Gasteiger partial charge on any atom is -0.480 e. The van der Waals surface area contributed by atoms with E-state index in [-0.39, 0.29) is 11.5 Å². The van der Waals surface area contributed by atoms with E-state index in [0.29, 0.717) is 6.07 Å². The lowest BCUT2D eigenvalue weighted by atomic mass is 10.0. The molecule has 0 radical (unpaired) electrons. The average Bonchev–Trinajstić information content (AvgIpc) is 2.34. The van der Waals surface area contributed by atoms with E-state index in [2.05, 4.69) is 5.32 Å². The Morgan fingerprint density at radius 1 is 1.25 bits per heavy atom. The summed E-state index contributed by atoms with van der Waals surface area (Å²) < 4.78 is 37.6. The molecule has 1 rings (SSSR count). The third kappa shape index (κ3) is 3.97. The van der Waals surface area contributed by atoms with Gasteiger partial charge in [-0.15, -0.1) is 0 Å². The first-order valence-electron chi connectivity index (χ1n) is 5.84. The summed E-state index contributed by atoms with van der Waals surface area (Å²) in [6.07, 6.45) is -4.56. The van der Waals surface area contributed by atoms with Crippen LogP contribution >= 0.6 is 0 Å². The first-order valence-corrected chi connectivity index (χ1v) is 5.84. The highest BCUT2D eigenvalue weighted by Crippen LogP contribution is 2.29. The van der Waals surface area contributed by atoms with Crippen molar-refractivity contribution in [3.05, 3.63) is 35.4 Å². The van der Waals surface area contributed by atoms with E-state index in [9.17, 15) is 22.8 Å². The van der Waals surface area contributed by atoms with Crippen molar-refractivity contribution in [3.63, 3.8) is 0 Å². The largest absolute Gasteiger partial charge is 0.480 e. The molecule has 0 aliphatic carbocycles. The molecule has 110 valence electrons. The van der Waals surface area contributed by atoms with Crippen molar-refractivity contribution in [1.82, 2.24) is 5.32 Å². The lowest BCUT2D eigenvalue weighted by Crippen LogP contribution is -2.44. The molecule has 7 heteroatoms. The van der Waals surface area contributed by atoms with E-state index < -0.39 is 29.7 Å². The molecule has 0 heterocycles. The molecule has 1 amide bonds. The first-order chi connectivity index (χ1) is 9.12. The zero-order valence-electron chi connectivity index (χ0n) is 10.9. The molecule has 0 bridgehead atoms. The Hall–Kier alpha value is -2.05. The maximum absolute atomic E-state index is 12.5. The Morgan fingerprint density at radius 3 is 2.30 bits per heavy atom. The minimum atomic E-state index is -4.56. The number of aliphatic carboxylic acids is 1. The second-order valence-corrected chi connectivity index (χ2v) is 4.61. The fourth-order valence-corrected chi connectivity index (χ4v) is 1.57. The van der Waals surface area contributed by atoms with E-state index in [1.807, 2.05) is 0 Å². The molecule has 0 aliphatic rings. The number of alkyl halides is 3. The number of hydrogen-bond acceptors (Lipinski definition) is 2. The first kappa shape index (κ1) is 16.0. The normalized spacial score (nSPS) is 13.1. The monoisotopic (exact) mass is 289 g/mol. The maximum Gasteiger partial charge on any atom is 0.416 e. The van der Waals surface area contributed by atoms with Crippen LogP contribution in [0, 0.1) is 5.92 Å². The van der Waals surface area contributed by atoms with Crippen LogP contribution in [-0.4, -0.2) is 23.0 Å². The molecule has 1 aromatic carbocycles. The summed E-state index contributed by atoms with van der Waals surface area (Å²) in [6, 6.07) is 2.67. The van der Waals surface area contributed by atoms with E-state index in [4.69, 9.17) is 5.11 Å². The van der Waals surface area contributed by atoms with Crippen LogP contribution in [0.3, 0.4) is 0 Å². The molecule has 20 heavy (non-hydrogen) atoms. The molecule has 0 unspecified atom stereocenters. The molecule has 0 aromatic heterocycles. The Kier molecular flexibility index (Phi) is 4.75. The standard InChI is InChI=1S/C13H14F3NO3/c1-7(2)10(12(19)20)17-11(18)8-4-3-5-9(6-8)13(14,15)16/h3-7,10H,1-2H3,(H,17,18)(H,19,20)/t10-/m1/s1. The van der Waals surface area contributed by atoms with Crippen molar-refractivity contribution in [2.45, 2.75) is 26.1 Å². The maximum atomic E-state index is 12.5. The summed E-state index contributed by atoms with van der Waals surface area (Å²) in [6.45, 7) is 3.18. The van der Waals surface area contributed by atoms with Gasteiger partial charge in [-0.05, 0) is 24.1 Å². The van der Waals surface area contributed by atoms with Gasteiger partial charge >= 0.3 is 12.1 Å². The van der Waals surface area contributed by atoms with Crippen molar-refractivity contribution < 1.29 is 27.9 Å². The summed E-state index contributed by atoms with van der Waals surface area (Å²) in [5.41, 5.74) is -1.19. The van der Waals surface area contributed by atoms with Crippen molar-refractivity contribution in [3.8, 4) is 0 Å². The van der Waals surface area contributed by atoms with Gasteiger partial charge in [0.2, 0.25) is 0 Å². The number of benzene rings is 1. The lowest BCUT2D eigenvalue weighted by molar-refractivity contribution is -0.140. The molecule has 1 aromatic rings. The quantitative estimate of drug-likeness (QED) is 0.895. The van der Waals surface area contributed by atoms with Gasteiger partial charge in [0.05, 0.1) is 5.56 Å². The van der Waals surface area contributed by atoms with Gasteiger partial charge in [-0.1, -0.05) is 19.9 Å². The van der Waals surface area contributed by atoms with E-state index in [1.165, 1.54) is 6.07 Å². The highest BCUT2D eigenvalue weighted by molar-refractivity contribution is 5.96. The highest BCUT2D eigenvalue weighted by Gasteiger charge is 2.31. The molecule has 0 saturated heterocycles. The molecule has 0 saturated carbocycles. The molecular weight excluding hydrogens is 275 g/mol. The van der Waals surface area contributed by atoms with Crippen molar-refractivity contribution >= 4 is 11.9 Å². The molecule has 2 N–H and O–H groups in total. The van der Waals surface area contributed by atoms with Gasteiger partial charge in [0.25, 0.3) is 5.91 Å². The Labute approximate surface area is 113 Å². The summed E-state index contributed by atoms with van der Waals surface area (Å²) >= 11 is 0. The number of carboxylic acids is 1. The Bertz CT molecular complexity index is 512. The highest BCUT2D eigenvalue weighted by atomic mass is 19.4. The second kappa shape index (κ2) is 5.94. The van der Waals surface area contributed by atoms with Gasteiger partial charge in [-0.25, -0.2) is 4.79 Å². The van der Waals surface area contributed by atoms with Crippen LogP contribution in [0.1, 0.15) is 29.8 Å². The van der Waals surface area contributed by atoms with Crippen LogP contribution in [0.4, 0.5) is 13.2 Å². The lowest BCUT2D eigenvalue weighted by Gasteiger charge is -2.18. The van der Waals surface area contributed by atoms with Crippen LogP contribution in [0.25, 0.3) is 0 Å². The van der Waals surface area contributed by atoms with Gasteiger partial charge < -0.3 is 10.4 Å². The van der Waals surface area contributed by atoms with E-state index >= 15 is 0 Å². The van der Waals surface area contributed by atoms with Crippen LogP contribution in [0.15, 0.2) is 24.3 Å². The number of rotatable bonds is 4. The fourth-order valence-electron chi connectivity index (χ4n) is 1.57. The third-order valence-corrected chi connectivity index (χ3v) is 2.67. The van der Waals surface area contributed by atoms with Gasteiger partial charge in [0.1, 0.15) is 6.04 Å². The van der Waals surface area contributed by atoms with Crippen molar-refractivity contribution in [2.75, 3.05) is 0 Å². The van der Waals surface area contributed by atoms with E-state index in [1.54, 1.807) is 13.8 Å². The third-order valence-electron chi connectivity index (χ3n) is 2.67. The number of carboxylic acid groups (broad SMARTS) is 1. The fraction of sp³-hybridized carbons (Fsp3) is 0.385. The number of hydrogen-bond donors (Lipinski definition) is 2. The van der Waals surface area contributed by atoms with Crippen LogP contribution < -0.4 is 5.32 Å². The zero-order valence-corrected chi connectivity index (χ0v) is 10.9. The minimum absolute atomic E-state index is 0.230. The molecule has 4 nitrogen and oxygen atoms in total. The Balaban J connectivity index is 2.96. The summed E-state index contributed by atoms with van der Waals surface area (Å²) in [4.78, 5) is 22.7. The van der Waals surface area contributed by atoms with Gasteiger partial charge in [-0.3, -0.25) is 4.79 Å². The number of amides is 1. The van der Waals surface area contributed by atoms with Gasteiger partial charge in [-0.2, -0.15) is 13.2 Å². The molecule has 1 atom stereocenters.